The zero-order chi connectivity index (χ0) is 13.3. The van der Waals surface area contributed by atoms with Crippen molar-refractivity contribution in [1.82, 2.24) is 4.57 Å². The predicted octanol–water partition coefficient (Wildman–Crippen LogP) is 3.77. The molecule has 0 spiro atoms. The molecule has 1 unspecified atom stereocenters. The van der Waals surface area contributed by atoms with E-state index in [0.717, 1.165) is 19.3 Å². The van der Waals surface area contributed by atoms with Crippen LogP contribution in [-0.4, -0.2) is 9.67 Å². The van der Waals surface area contributed by atoms with Crippen molar-refractivity contribution in [3.05, 3.63) is 23.0 Å². The molecule has 1 fully saturated rings. The smallest absolute Gasteiger partial charge is 0.0807 e. The molecule has 18 heavy (non-hydrogen) atoms. The standard InChI is InChI=1S/C16H25NO/c1-10-9-11-12(7-6-8-13(11)18)17(10)14-15(2,3)16(14,4)5/h9,13-14,18H,6-8H2,1-5H3. The van der Waals surface area contributed by atoms with E-state index in [-0.39, 0.29) is 6.10 Å². The first kappa shape index (κ1) is 12.3. The van der Waals surface area contributed by atoms with Crippen LogP contribution in [0.1, 0.15) is 69.6 Å². The summed E-state index contributed by atoms with van der Waals surface area (Å²) in [6.45, 7) is 11.6. The second-order valence-corrected chi connectivity index (χ2v) is 7.31. The van der Waals surface area contributed by atoms with E-state index < -0.39 is 0 Å². The highest BCUT2D eigenvalue weighted by atomic mass is 16.3. The maximum absolute atomic E-state index is 10.1. The second kappa shape index (κ2) is 3.41. The van der Waals surface area contributed by atoms with Crippen molar-refractivity contribution < 1.29 is 5.11 Å². The van der Waals surface area contributed by atoms with Crippen molar-refractivity contribution in [2.45, 2.75) is 66.0 Å². The van der Waals surface area contributed by atoms with E-state index in [2.05, 4.69) is 45.3 Å². The van der Waals surface area contributed by atoms with Crippen LogP contribution in [0.3, 0.4) is 0 Å². The van der Waals surface area contributed by atoms with Gasteiger partial charge in [-0.15, -0.1) is 0 Å². The number of nitrogens with zero attached hydrogens (tertiary/aromatic N) is 1. The normalized spacial score (nSPS) is 29.1. The van der Waals surface area contributed by atoms with Gasteiger partial charge in [-0.25, -0.2) is 0 Å². The molecule has 0 aromatic carbocycles. The maximum Gasteiger partial charge on any atom is 0.0807 e. The van der Waals surface area contributed by atoms with Crippen LogP contribution in [0.4, 0.5) is 0 Å². The van der Waals surface area contributed by atoms with E-state index in [1.54, 1.807) is 0 Å². The Kier molecular flexibility index (Phi) is 2.33. The van der Waals surface area contributed by atoms with Crippen molar-refractivity contribution in [2.24, 2.45) is 10.8 Å². The summed E-state index contributed by atoms with van der Waals surface area (Å²) in [7, 11) is 0. The van der Waals surface area contributed by atoms with Gasteiger partial charge in [-0.1, -0.05) is 27.7 Å². The summed E-state index contributed by atoms with van der Waals surface area (Å²) in [6, 6.07) is 2.79. The van der Waals surface area contributed by atoms with E-state index in [1.165, 1.54) is 17.0 Å². The van der Waals surface area contributed by atoms with Crippen LogP contribution in [0.25, 0.3) is 0 Å². The van der Waals surface area contributed by atoms with E-state index in [0.29, 0.717) is 16.9 Å². The van der Waals surface area contributed by atoms with E-state index in [1.807, 2.05) is 0 Å². The Balaban J connectivity index is 2.10. The number of aryl methyl sites for hydroxylation is 1. The topological polar surface area (TPSA) is 25.2 Å². The average Bonchev–Trinajstić information content (AvgIpc) is 2.55. The van der Waals surface area contributed by atoms with Crippen molar-refractivity contribution in [3.63, 3.8) is 0 Å². The quantitative estimate of drug-likeness (QED) is 0.803. The van der Waals surface area contributed by atoms with Gasteiger partial charge in [0.25, 0.3) is 0 Å². The second-order valence-electron chi connectivity index (χ2n) is 7.31. The zero-order valence-electron chi connectivity index (χ0n) is 12.2. The minimum absolute atomic E-state index is 0.237. The summed E-state index contributed by atoms with van der Waals surface area (Å²) in [5, 5.41) is 10.1. The largest absolute Gasteiger partial charge is 0.388 e. The number of rotatable bonds is 1. The van der Waals surface area contributed by atoms with Gasteiger partial charge < -0.3 is 9.67 Å². The molecule has 0 amide bonds. The molecule has 1 aromatic rings. The van der Waals surface area contributed by atoms with Gasteiger partial charge in [0.1, 0.15) is 0 Å². The molecule has 1 aromatic heterocycles. The SMILES string of the molecule is Cc1cc2c(n1C1C(C)(C)C1(C)C)CCCC2O. The van der Waals surface area contributed by atoms with Crippen molar-refractivity contribution >= 4 is 0 Å². The predicted molar refractivity (Wildman–Crippen MR) is 73.7 cm³/mol. The summed E-state index contributed by atoms with van der Waals surface area (Å²) in [4.78, 5) is 0. The molecule has 2 aliphatic carbocycles. The van der Waals surface area contributed by atoms with Gasteiger partial charge in [-0.2, -0.15) is 0 Å². The first-order valence-corrected chi connectivity index (χ1v) is 7.17. The van der Waals surface area contributed by atoms with Crippen LogP contribution < -0.4 is 0 Å². The van der Waals surface area contributed by atoms with E-state index in [4.69, 9.17) is 0 Å². The number of fused-ring (bicyclic) bond motifs is 1. The lowest BCUT2D eigenvalue weighted by atomic mass is 9.95. The third kappa shape index (κ3) is 1.33. The van der Waals surface area contributed by atoms with Crippen LogP contribution >= 0.6 is 0 Å². The van der Waals surface area contributed by atoms with Crippen LogP contribution in [-0.2, 0) is 6.42 Å². The molecular weight excluding hydrogens is 222 g/mol. The van der Waals surface area contributed by atoms with Crippen molar-refractivity contribution in [1.29, 1.82) is 0 Å². The van der Waals surface area contributed by atoms with Gasteiger partial charge in [0.05, 0.1) is 6.10 Å². The molecule has 0 saturated heterocycles. The molecule has 2 nitrogen and oxygen atoms in total. The van der Waals surface area contributed by atoms with Gasteiger partial charge in [0.2, 0.25) is 0 Å². The molecule has 2 heteroatoms. The fourth-order valence-electron chi connectivity index (χ4n) is 4.07. The van der Waals surface area contributed by atoms with Crippen molar-refractivity contribution in [3.8, 4) is 0 Å². The van der Waals surface area contributed by atoms with E-state index in [9.17, 15) is 5.11 Å². The highest BCUT2D eigenvalue weighted by Crippen LogP contribution is 2.72. The lowest BCUT2D eigenvalue weighted by molar-refractivity contribution is 0.155. The van der Waals surface area contributed by atoms with Gasteiger partial charge in [0.15, 0.2) is 0 Å². The summed E-state index contributed by atoms with van der Waals surface area (Å²) >= 11 is 0. The summed E-state index contributed by atoms with van der Waals surface area (Å²) < 4.78 is 2.53. The van der Waals surface area contributed by atoms with E-state index >= 15 is 0 Å². The van der Waals surface area contributed by atoms with Gasteiger partial charge >= 0.3 is 0 Å². The Morgan fingerprint density at radius 3 is 2.39 bits per heavy atom. The molecule has 0 radical (unpaired) electrons. The molecule has 1 saturated carbocycles. The highest BCUT2D eigenvalue weighted by Gasteiger charge is 2.66. The minimum Gasteiger partial charge on any atom is -0.388 e. The number of hydrogen-bond acceptors (Lipinski definition) is 1. The fraction of sp³-hybridized carbons (Fsp3) is 0.750. The van der Waals surface area contributed by atoms with Crippen LogP contribution in [0.5, 0.6) is 0 Å². The molecule has 3 rings (SSSR count). The number of hydrogen-bond donors (Lipinski definition) is 1. The molecule has 1 heterocycles. The number of aromatic nitrogens is 1. The Labute approximate surface area is 110 Å². The monoisotopic (exact) mass is 247 g/mol. The summed E-state index contributed by atoms with van der Waals surface area (Å²) in [5.41, 5.74) is 4.62. The Bertz CT molecular complexity index is 481. The van der Waals surface area contributed by atoms with Gasteiger partial charge in [-0.05, 0) is 43.1 Å². The molecule has 0 aliphatic heterocycles. The fourth-order valence-corrected chi connectivity index (χ4v) is 4.07. The first-order valence-electron chi connectivity index (χ1n) is 7.17. The minimum atomic E-state index is -0.237. The Morgan fingerprint density at radius 1 is 1.22 bits per heavy atom. The van der Waals surface area contributed by atoms with Crippen LogP contribution in [0.15, 0.2) is 6.07 Å². The molecule has 2 aliphatic rings. The third-order valence-electron chi connectivity index (χ3n) is 5.82. The molecule has 1 atom stereocenters. The summed E-state index contributed by atoms with van der Waals surface area (Å²) in [5.74, 6) is 0. The van der Waals surface area contributed by atoms with Crippen molar-refractivity contribution in [2.75, 3.05) is 0 Å². The zero-order valence-corrected chi connectivity index (χ0v) is 12.2. The number of aliphatic hydroxyl groups excluding tert-OH is 1. The van der Waals surface area contributed by atoms with Crippen LogP contribution in [0.2, 0.25) is 0 Å². The lowest BCUT2D eigenvalue weighted by Gasteiger charge is -2.21. The Hall–Kier alpha value is -0.760. The molecule has 1 N–H and O–H groups in total. The maximum atomic E-state index is 10.1. The molecule has 100 valence electrons. The van der Waals surface area contributed by atoms with Crippen LogP contribution in [0, 0.1) is 17.8 Å². The first-order chi connectivity index (χ1) is 8.28. The average molecular weight is 247 g/mol. The lowest BCUT2D eigenvalue weighted by Crippen LogP contribution is -2.13. The van der Waals surface area contributed by atoms with Gasteiger partial charge in [-0.3, -0.25) is 0 Å². The summed E-state index contributed by atoms with van der Waals surface area (Å²) in [6.07, 6.45) is 2.93. The molecular formula is C16H25NO. The molecule has 0 bridgehead atoms. The third-order valence-corrected chi connectivity index (χ3v) is 5.82. The highest BCUT2D eigenvalue weighted by molar-refractivity contribution is 5.35. The number of aliphatic hydroxyl groups is 1. The van der Waals surface area contributed by atoms with Gasteiger partial charge in [0, 0.05) is 23.0 Å². The Morgan fingerprint density at radius 2 is 1.83 bits per heavy atom.